The van der Waals surface area contributed by atoms with E-state index in [0.29, 0.717) is 22.4 Å². The lowest BCUT2D eigenvalue weighted by molar-refractivity contribution is -0.124. The standard InChI is InChI=1S/C28H28F2N2O3S/c1-18-15-22(29)24(23(30)16-18)21-17-32(36(34,35)28(2,3)4)27(33)26(21)31-25(19-11-7-5-8-12-19)20-13-9-6-10-14-20/h5-16,21,26H,17H2,1-4H3/t21-,26-/m0/s1. The van der Waals surface area contributed by atoms with Gasteiger partial charge in [0.15, 0.2) is 0 Å². The van der Waals surface area contributed by atoms with E-state index in [1.54, 1.807) is 6.92 Å². The first kappa shape index (κ1) is 25.7. The normalized spacial score (nSPS) is 18.4. The number of sulfonamides is 1. The van der Waals surface area contributed by atoms with Gasteiger partial charge in [-0.15, -0.1) is 0 Å². The number of carbonyl (C=O) groups excluding carboxylic acids is 1. The number of aliphatic imine (C=N–C) groups is 1. The molecule has 2 atom stereocenters. The van der Waals surface area contributed by atoms with Crippen molar-refractivity contribution in [1.29, 1.82) is 0 Å². The highest BCUT2D eigenvalue weighted by molar-refractivity contribution is 7.91. The van der Waals surface area contributed by atoms with Gasteiger partial charge in [-0.25, -0.2) is 21.5 Å². The number of hydrogen-bond donors (Lipinski definition) is 0. The third-order valence-electron chi connectivity index (χ3n) is 6.26. The van der Waals surface area contributed by atoms with E-state index in [2.05, 4.69) is 0 Å². The Morgan fingerprint density at radius 2 is 1.39 bits per heavy atom. The van der Waals surface area contributed by atoms with Crippen molar-refractivity contribution in [2.24, 2.45) is 4.99 Å². The molecule has 1 aliphatic heterocycles. The number of benzene rings is 3. The minimum Gasteiger partial charge on any atom is -0.271 e. The molecule has 0 radical (unpaired) electrons. The molecular formula is C28H28F2N2O3S. The molecule has 188 valence electrons. The predicted molar refractivity (Wildman–Crippen MR) is 137 cm³/mol. The lowest BCUT2D eigenvalue weighted by Gasteiger charge is -2.26. The summed E-state index contributed by atoms with van der Waals surface area (Å²) in [6, 6.07) is 19.2. The van der Waals surface area contributed by atoms with E-state index in [-0.39, 0.29) is 5.56 Å². The molecular weight excluding hydrogens is 482 g/mol. The van der Waals surface area contributed by atoms with Crippen LogP contribution in [0.5, 0.6) is 0 Å². The van der Waals surface area contributed by atoms with Gasteiger partial charge in [0.2, 0.25) is 10.0 Å². The maximum atomic E-state index is 15.1. The molecule has 1 aliphatic rings. The Morgan fingerprint density at radius 3 is 1.83 bits per heavy atom. The highest BCUT2D eigenvalue weighted by atomic mass is 32.2. The quantitative estimate of drug-likeness (QED) is 0.441. The molecule has 1 amide bonds. The molecule has 0 unspecified atom stereocenters. The summed E-state index contributed by atoms with van der Waals surface area (Å²) in [4.78, 5) is 18.4. The minimum absolute atomic E-state index is 0.338. The Kier molecular flexibility index (Phi) is 6.84. The largest absolute Gasteiger partial charge is 0.271 e. The first-order valence-corrected chi connectivity index (χ1v) is 13.1. The zero-order valence-electron chi connectivity index (χ0n) is 20.6. The van der Waals surface area contributed by atoms with E-state index in [9.17, 15) is 13.2 Å². The van der Waals surface area contributed by atoms with E-state index >= 15 is 8.78 Å². The Balaban J connectivity index is 1.94. The third kappa shape index (κ3) is 4.69. The van der Waals surface area contributed by atoms with Crippen LogP contribution >= 0.6 is 0 Å². The van der Waals surface area contributed by atoms with Crippen LogP contribution in [-0.4, -0.2) is 41.7 Å². The fraction of sp³-hybridized carbons (Fsp3) is 0.286. The highest BCUT2D eigenvalue weighted by Gasteiger charge is 2.51. The number of amides is 1. The van der Waals surface area contributed by atoms with Crippen LogP contribution in [0.1, 0.15) is 48.9 Å². The lowest BCUT2D eigenvalue weighted by atomic mass is 9.91. The van der Waals surface area contributed by atoms with Crippen molar-refractivity contribution in [2.75, 3.05) is 6.54 Å². The third-order valence-corrected chi connectivity index (χ3v) is 8.72. The molecule has 0 aromatic heterocycles. The van der Waals surface area contributed by atoms with Crippen molar-refractivity contribution in [1.82, 2.24) is 4.31 Å². The summed E-state index contributed by atoms with van der Waals surface area (Å²) in [6.07, 6.45) is 0. The molecule has 1 saturated heterocycles. The van der Waals surface area contributed by atoms with E-state index in [1.807, 2.05) is 60.7 Å². The van der Waals surface area contributed by atoms with Crippen LogP contribution in [-0.2, 0) is 14.8 Å². The number of halogens is 2. The molecule has 0 bridgehead atoms. The average Bonchev–Trinajstić information content (AvgIpc) is 3.13. The van der Waals surface area contributed by atoms with E-state index in [4.69, 9.17) is 4.99 Å². The Morgan fingerprint density at radius 1 is 0.917 bits per heavy atom. The first-order valence-electron chi connectivity index (χ1n) is 11.6. The number of rotatable bonds is 5. The molecule has 0 N–H and O–H groups in total. The molecule has 0 saturated carbocycles. The Hall–Kier alpha value is -3.39. The summed E-state index contributed by atoms with van der Waals surface area (Å²) >= 11 is 0. The molecule has 3 aromatic rings. The minimum atomic E-state index is -4.13. The molecule has 8 heteroatoms. The van der Waals surface area contributed by atoms with E-state index in [1.165, 1.54) is 32.9 Å². The summed E-state index contributed by atoms with van der Waals surface area (Å²) < 4.78 is 56.3. The molecule has 1 fully saturated rings. The summed E-state index contributed by atoms with van der Waals surface area (Å²) in [7, 11) is -4.13. The first-order chi connectivity index (χ1) is 16.9. The Labute approximate surface area is 210 Å². The van der Waals surface area contributed by atoms with Crippen molar-refractivity contribution in [2.45, 2.75) is 44.4 Å². The molecule has 36 heavy (non-hydrogen) atoms. The van der Waals surface area contributed by atoms with Crippen molar-refractivity contribution < 1.29 is 22.0 Å². The highest BCUT2D eigenvalue weighted by Crippen LogP contribution is 2.38. The topological polar surface area (TPSA) is 66.8 Å². The van der Waals surface area contributed by atoms with Gasteiger partial charge in [-0.1, -0.05) is 60.7 Å². The molecule has 5 nitrogen and oxygen atoms in total. The van der Waals surface area contributed by atoms with Crippen LogP contribution in [0.4, 0.5) is 8.78 Å². The summed E-state index contributed by atoms with van der Waals surface area (Å²) in [5.41, 5.74) is 1.86. The van der Waals surface area contributed by atoms with Gasteiger partial charge >= 0.3 is 0 Å². The van der Waals surface area contributed by atoms with Crippen LogP contribution in [0.15, 0.2) is 77.8 Å². The second kappa shape index (κ2) is 9.58. The zero-order valence-corrected chi connectivity index (χ0v) is 21.4. The fourth-order valence-corrected chi connectivity index (χ4v) is 5.70. The van der Waals surface area contributed by atoms with Crippen LogP contribution in [0, 0.1) is 18.6 Å². The second-order valence-corrected chi connectivity index (χ2v) is 12.5. The SMILES string of the molecule is Cc1cc(F)c([C@@H]2CN(S(=O)(=O)C(C)(C)C)C(=O)[C@H]2N=C(c2ccccc2)c2ccccc2)c(F)c1. The molecule has 0 aliphatic carbocycles. The van der Waals surface area contributed by atoms with Gasteiger partial charge in [0, 0.05) is 29.2 Å². The molecule has 4 rings (SSSR count). The van der Waals surface area contributed by atoms with Crippen LogP contribution < -0.4 is 0 Å². The molecule has 1 heterocycles. The van der Waals surface area contributed by atoms with Gasteiger partial charge in [0.25, 0.3) is 5.91 Å². The summed E-state index contributed by atoms with van der Waals surface area (Å²) in [5, 5.41) is 0. The maximum Gasteiger partial charge on any atom is 0.261 e. The average molecular weight is 511 g/mol. The van der Waals surface area contributed by atoms with E-state index in [0.717, 1.165) is 4.31 Å². The monoisotopic (exact) mass is 510 g/mol. The van der Waals surface area contributed by atoms with Crippen molar-refractivity contribution >= 4 is 21.6 Å². The van der Waals surface area contributed by atoms with Gasteiger partial charge in [-0.3, -0.25) is 9.79 Å². The van der Waals surface area contributed by atoms with Crippen molar-refractivity contribution in [3.05, 3.63) is 107 Å². The lowest BCUT2D eigenvalue weighted by Crippen LogP contribution is -2.44. The van der Waals surface area contributed by atoms with Gasteiger partial charge in [-0.05, 0) is 45.4 Å². The number of aryl methyl sites for hydroxylation is 1. The molecule has 3 aromatic carbocycles. The van der Waals surface area contributed by atoms with Crippen LogP contribution in [0.3, 0.4) is 0 Å². The number of carbonyl (C=O) groups is 1. The van der Waals surface area contributed by atoms with E-state index < -0.39 is 50.8 Å². The summed E-state index contributed by atoms with van der Waals surface area (Å²) in [5.74, 6) is -3.61. The maximum absolute atomic E-state index is 15.1. The zero-order chi connectivity index (χ0) is 26.3. The Bertz CT molecular complexity index is 1350. The van der Waals surface area contributed by atoms with Crippen LogP contribution in [0.2, 0.25) is 0 Å². The predicted octanol–water partition coefficient (Wildman–Crippen LogP) is 5.23. The number of nitrogens with zero attached hydrogens (tertiary/aromatic N) is 2. The fourth-order valence-electron chi connectivity index (χ4n) is 4.34. The van der Waals surface area contributed by atoms with Crippen LogP contribution in [0.25, 0.3) is 0 Å². The second-order valence-electron chi connectivity index (χ2n) is 9.89. The van der Waals surface area contributed by atoms with Gasteiger partial charge < -0.3 is 0 Å². The van der Waals surface area contributed by atoms with Gasteiger partial charge in [-0.2, -0.15) is 0 Å². The number of hydrogen-bond acceptors (Lipinski definition) is 4. The van der Waals surface area contributed by atoms with Gasteiger partial charge in [0.05, 0.1) is 10.5 Å². The molecule has 0 spiro atoms. The van der Waals surface area contributed by atoms with Crippen molar-refractivity contribution in [3.8, 4) is 0 Å². The smallest absolute Gasteiger partial charge is 0.261 e. The van der Waals surface area contributed by atoms with Gasteiger partial charge in [0.1, 0.15) is 17.7 Å². The summed E-state index contributed by atoms with van der Waals surface area (Å²) in [6.45, 7) is 5.60. The van der Waals surface area contributed by atoms with Crippen molar-refractivity contribution in [3.63, 3.8) is 0 Å².